The van der Waals surface area contributed by atoms with Gasteiger partial charge >= 0.3 is 0 Å². The second-order valence-electron chi connectivity index (χ2n) is 5.55. The van der Waals surface area contributed by atoms with Crippen molar-refractivity contribution in [3.05, 3.63) is 0 Å². The Morgan fingerprint density at radius 2 is 2.06 bits per heavy atom. The Hall–Kier alpha value is -0.590. The summed E-state index contributed by atoms with van der Waals surface area (Å²) in [5, 5.41) is 12.0. The third kappa shape index (κ3) is 3.20. The molecule has 0 aromatic heterocycles. The fourth-order valence-corrected chi connectivity index (χ4v) is 3.57. The molecule has 1 unspecified atom stereocenters. The first-order valence-corrected chi connectivity index (χ1v) is 7.16. The van der Waals surface area contributed by atoms with E-state index in [1.165, 1.54) is 45.1 Å². The highest BCUT2D eigenvalue weighted by Gasteiger charge is 2.32. The molecule has 1 aliphatic heterocycles. The van der Waals surface area contributed by atoms with Crippen molar-refractivity contribution >= 4 is 0 Å². The lowest BCUT2D eigenvalue weighted by Crippen LogP contribution is -2.48. The molecule has 2 aliphatic rings. The van der Waals surface area contributed by atoms with Gasteiger partial charge in [0.1, 0.15) is 0 Å². The lowest BCUT2D eigenvalue weighted by atomic mass is 9.78. The van der Waals surface area contributed by atoms with E-state index >= 15 is 0 Å². The molecule has 0 aromatic rings. The summed E-state index contributed by atoms with van der Waals surface area (Å²) < 4.78 is 0. The molecule has 1 N–H and O–H groups in total. The van der Waals surface area contributed by atoms with Crippen molar-refractivity contribution in [3.8, 4) is 6.07 Å². The number of hydrogen-bond acceptors (Lipinski definition) is 3. The van der Waals surface area contributed by atoms with Crippen LogP contribution < -0.4 is 5.32 Å². The van der Waals surface area contributed by atoms with E-state index in [4.69, 9.17) is 5.26 Å². The van der Waals surface area contributed by atoms with Crippen LogP contribution in [-0.4, -0.2) is 37.1 Å². The normalized spacial score (nSPS) is 31.5. The molecule has 96 valence electrons. The van der Waals surface area contributed by atoms with E-state index in [1.807, 2.05) is 7.05 Å². The Morgan fingerprint density at radius 1 is 1.29 bits per heavy atom. The number of nitriles is 1. The summed E-state index contributed by atoms with van der Waals surface area (Å²) in [4.78, 5) is 2.66. The van der Waals surface area contributed by atoms with E-state index in [-0.39, 0.29) is 6.04 Å². The lowest BCUT2D eigenvalue weighted by molar-refractivity contribution is 0.0590. The summed E-state index contributed by atoms with van der Waals surface area (Å²) in [6.07, 6.45) is 9.44. The average Bonchev–Trinajstić information content (AvgIpc) is 2.40. The largest absolute Gasteiger partial charge is 0.305 e. The van der Waals surface area contributed by atoms with Gasteiger partial charge in [-0.05, 0) is 51.6 Å². The van der Waals surface area contributed by atoms with Crippen LogP contribution >= 0.6 is 0 Å². The van der Waals surface area contributed by atoms with Crippen LogP contribution in [0.5, 0.6) is 0 Å². The molecular weight excluding hydrogens is 210 g/mol. The van der Waals surface area contributed by atoms with Crippen molar-refractivity contribution in [2.75, 3.05) is 20.1 Å². The number of likely N-dealkylation sites (tertiary alicyclic amines) is 1. The molecule has 0 bridgehead atoms. The zero-order chi connectivity index (χ0) is 12.1. The second kappa shape index (κ2) is 6.37. The van der Waals surface area contributed by atoms with Crippen LogP contribution in [0.2, 0.25) is 0 Å². The van der Waals surface area contributed by atoms with Crippen LogP contribution in [0.1, 0.15) is 44.9 Å². The van der Waals surface area contributed by atoms with Crippen LogP contribution in [0.3, 0.4) is 0 Å². The molecule has 3 heteroatoms. The Kier molecular flexibility index (Phi) is 4.82. The van der Waals surface area contributed by atoms with Crippen molar-refractivity contribution in [2.24, 2.45) is 5.92 Å². The highest BCUT2D eigenvalue weighted by atomic mass is 15.2. The summed E-state index contributed by atoms with van der Waals surface area (Å²) in [5.41, 5.74) is 0. The molecule has 1 saturated heterocycles. The van der Waals surface area contributed by atoms with Gasteiger partial charge < -0.3 is 10.2 Å². The number of nitrogens with zero attached hydrogens (tertiary/aromatic N) is 2. The van der Waals surface area contributed by atoms with E-state index in [0.717, 1.165) is 24.9 Å². The first kappa shape index (κ1) is 12.9. The fourth-order valence-electron chi connectivity index (χ4n) is 3.57. The standard InChI is InChI=1S/C14H25N3/c1-16-13(11-15)8-10-17-9-4-6-12-5-2-3-7-14(12)17/h12-14,16H,2-10H2,1H3/t12-,13?,14-/m1/s1. The monoisotopic (exact) mass is 235 g/mol. The number of fused-ring (bicyclic) bond motifs is 1. The Labute approximate surface area is 105 Å². The van der Waals surface area contributed by atoms with Crippen LogP contribution in [0.4, 0.5) is 0 Å². The maximum absolute atomic E-state index is 8.96. The molecule has 3 nitrogen and oxygen atoms in total. The third-order valence-electron chi connectivity index (χ3n) is 4.57. The van der Waals surface area contributed by atoms with E-state index < -0.39 is 0 Å². The quantitative estimate of drug-likeness (QED) is 0.811. The maximum Gasteiger partial charge on any atom is 0.0962 e. The molecule has 0 spiro atoms. The van der Waals surface area contributed by atoms with Gasteiger partial charge in [0.15, 0.2) is 0 Å². The summed E-state index contributed by atoms with van der Waals surface area (Å²) in [7, 11) is 1.88. The first-order chi connectivity index (χ1) is 8.35. The molecule has 17 heavy (non-hydrogen) atoms. The van der Waals surface area contributed by atoms with Crippen LogP contribution in [0.25, 0.3) is 0 Å². The Morgan fingerprint density at radius 3 is 2.82 bits per heavy atom. The van der Waals surface area contributed by atoms with Crippen LogP contribution in [0, 0.1) is 17.2 Å². The van der Waals surface area contributed by atoms with Crippen molar-refractivity contribution in [1.29, 1.82) is 5.26 Å². The Bertz CT molecular complexity index is 269. The predicted molar refractivity (Wildman–Crippen MR) is 69.6 cm³/mol. The fraction of sp³-hybridized carbons (Fsp3) is 0.929. The van der Waals surface area contributed by atoms with Crippen molar-refractivity contribution in [3.63, 3.8) is 0 Å². The van der Waals surface area contributed by atoms with E-state index in [9.17, 15) is 0 Å². The number of piperidine rings is 1. The predicted octanol–water partition coefficient (Wildman–Crippen LogP) is 2.14. The summed E-state index contributed by atoms with van der Waals surface area (Å²) in [5.74, 6) is 0.952. The topological polar surface area (TPSA) is 39.1 Å². The van der Waals surface area contributed by atoms with Gasteiger partial charge in [0.05, 0.1) is 12.1 Å². The molecular formula is C14H25N3. The minimum Gasteiger partial charge on any atom is -0.305 e. The van der Waals surface area contributed by atoms with Crippen LogP contribution in [0.15, 0.2) is 0 Å². The van der Waals surface area contributed by atoms with Gasteiger partial charge in [0, 0.05) is 12.6 Å². The number of rotatable bonds is 4. The van der Waals surface area contributed by atoms with Gasteiger partial charge in [0.25, 0.3) is 0 Å². The molecule has 1 saturated carbocycles. The smallest absolute Gasteiger partial charge is 0.0962 e. The van der Waals surface area contributed by atoms with Gasteiger partial charge in [-0.15, -0.1) is 0 Å². The zero-order valence-electron chi connectivity index (χ0n) is 11.0. The SMILES string of the molecule is CNC(C#N)CCN1CCC[C@H]2CCCC[C@H]21. The molecule has 1 heterocycles. The van der Waals surface area contributed by atoms with Gasteiger partial charge in [-0.2, -0.15) is 5.26 Å². The minimum absolute atomic E-state index is 0.0268. The summed E-state index contributed by atoms with van der Waals surface area (Å²) in [6, 6.07) is 3.18. The van der Waals surface area contributed by atoms with Crippen LogP contribution in [-0.2, 0) is 0 Å². The van der Waals surface area contributed by atoms with E-state index in [1.54, 1.807) is 0 Å². The molecule has 2 fully saturated rings. The second-order valence-corrected chi connectivity index (χ2v) is 5.55. The number of nitrogens with one attached hydrogen (secondary N) is 1. The van der Waals surface area contributed by atoms with Gasteiger partial charge in [-0.25, -0.2) is 0 Å². The summed E-state index contributed by atoms with van der Waals surface area (Å²) >= 11 is 0. The number of hydrogen-bond donors (Lipinski definition) is 1. The van der Waals surface area contributed by atoms with Crippen molar-refractivity contribution in [2.45, 2.75) is 57.0 Å². The van der Waals surface area contributed by atoms with Gasteiger partial charge in [-0.1, -0.05) is 12.8 Å². The molecule has 2 rings (SSSR count). The maximum atomic E-state index is 8.96. The highest BCUT2D eigenvalue weighted by Crippen LogP contribution is 2.35. The van der Waals surface area contributed by atoms with E-state index in [0.29, 0.717) is 0 Å². The zero-order valence-corrected chi connectivity index (χ0v) is 11.0. The van der Waals surface area contributed by atoms with E-state index in [2.05, 4.69) is 16.3 Å². The van der Waals surface area contributed by atoms with Crippen molar-refractivity contribution < 1.29 is 0 Å². The average molecular weight is 235 g/mol. The molecule has 0 radical (unpaired) electrons. The van der Waals surface area contributed by atoms with Gasteiger partial charge in [-0.3, -0.25) is 0 Å². The van der Waals surface area contributed by atoms with Gasteiger partial charge in [0.2, 0.25) is 0 Å². The Balaban J connectivity index is 1.84. The molecule has 3 atom stereocenters. The molecule has 0 aromatic carbocycles. The lowest BCUT2D eigenvalue weighted by Gasteiger charge is -2.44. The molecule has 1 aliphatic carbocycles. The highest BCUT2D eigenvalue weighted by molar-refractivity contribution is 4.92. The third-order valence-corrected chi connectivity index (χ3v) is 4.57. The first-order valence-electron chi connectivity index (χ1n) is 7.16. The minimum atomic E-state index is 0.0268. The summed E-state index contributed by atoms with van der Waals surface area (Å²) in [6.45, 7) is 2.35. The van der Waals surface area contributed by atoms with Crippen molar-refractivity contribution in [1.82, 2.24) is 10.2 Å². The molecule has 0 amide bonds.